The van der Waals surface area contributed by atoms with Gasteiger partial charge in [-0.1, -0.05) is 20.3 Å². The van der Waals surface area contributed by atoms with Crippen LogP contribution in [-0.4, -0.2) is 22.7 Å². The molecule has 0 aliphatic heterocycles. The fourth-order valence-electron chi connectivity index (χ4n) is 1.36. The van der Waals surface area contributed by atoms with Crippen LogP contribution in [0, 0.1) is 0 Å². The van der Waals surface area contributed by atoms with Crippen LogP contribution >= 0.6 is 0 Å². The maximum atomic E-state index is 5.40. The predicted molar refractivity (Wildman–Crippen MR) is 61.6 cm³/mol. The van der Waals surface area contributed by atoms with E-state index in [1.165, 1.54) is 0 Å². The van der Waals surface area contributed by atoms with Crippen molar-refractivity contribution in [2.75, 3.05) is 6.61 Å². The van der Waals surface area contributed by atoms with E-state index in [0.717, 1.165) is 36.5 Å². The first-order valence-electron chi connectivity index (χ1n) is 5.54. The van der Waals surface area contributed by atoms with Crippen molar-refractivity contribution in [2.24, 2.45) is 4.99 Å². The summed E-state index contributed by atoms with van der Waals surface area (Å²) >= 11 is 0. The highest BCUT2D eigenvalue weighted by molar-refractivity contribution is 5.78. The van der Waals surface area contributed by atoms with E-state index in [1.54, 1.807) is 0 Å². The van der Waals surface area contributed by atoms with Crippen LogP contribution in [0.2, 0.25) is 0 Å². The Hall–Kier alpha value is -1.32. The topological polar surface area (TPSA) is 50.3 Å². The van der Waals surface area contributed by atoms with Gasteiger partial charge in [-0.25, -0.2) is 0 Å². The van der Waals surface area contributed by atoms with Gasteiger partial charge >= 0.3 is 0 Å². The van der Waals surface area contributed by atoms with Crippen LogP contribution in [0.1, 0.15) is 39.2 Å². The third-order valence-electron chi connectivity index (χ3n) is 2.06. The second kappa shape index (κ2) is 6.22. The Kier molecular flexibility index (Phi) is 4.87. The van der Waals surface area contributed by atoms with E-state index < -0.39 is 0 Å². The van der Waals surface area contributed by atoms with Crippen molar-refractivity contribution in [3.63, 3.8) is 0 Å². The summed E-state index contributed by atoms with van der Waals surface area (Å²) in [7, 11) is 0. The summed E-state index contributed by atoms with van der Waals surface area (Å²) in [6, 6.07) is 0. The normalized spacial score (nSPS) is 11.8. The van der Waals surface area contributed by atoms with Crippen molar-refractivity contribution in [1.82, 2.24) is 10.2 Å². The molecule has 0 fully saturated rings. The van der Waals surface area contributed by atoms with E-state index in [1.807, 2.05) is 20.0 Å². The fourth-order valence-corrected chi connectivity index (χ4v) is 1.36. The molecule has 1 N–H and O–H groups in total. The zero-order chi connectivity index (χ0) is 11.1. The van der Waals surface area contributed by atoms with E-state index in [-0.39, 0.29) is 0 Å². The molecule has 1 aromatic rings. The molecule has 84 valence electrons. The highest BCUT2D eigenvalue weighted by Crippen LogP contribution is 2.17. The maximum Gasteiger partial charge on any atom is 0.189 e. The molecule has 0 aromatic carbocycles. The number of nitrogens with one attached hydrogen (secondary N) is 1. The van der Waals surface area contributed by atoms with Crippen molar-refractivity contribution in [3.8, 4) is 0 Å². The lowest BCUT2D eigenvalue weighted by Gasteiger charge is -2.04. The molecule has 0 saturated heterocycles. The average molecular weight is 209 g/mol. The van der Waals surface area contributed by atoms with Crippen molar-refractivity contribution >= 4 is 11.7 Å². The molecule has 4 heteroatoms. The lowest BCUT2D eigenvalue weighted by molar-refractivity contribution is 0.319. The summed E-state index contributed by atoms with van der Waals surface area (Å²) in [6.07, 6.45) is 4.73. The number of nitrogens with zero attached hydrogens (tertiary/aromatic N) is 2. The highest BCUT2D eigenvalue weighted by atomic mass is 16.5. The summed E-state index contributed by atoms with van der Waals surface area (Å²) < 4.78 is 5.40. The molecule has 0 amide bonds. The van der Waals surface area contributed by atoms with E-state index in [0.29, 0.717) is 6.61 Å². The van der Waals surface area contributed by atoms with Crippen molar-refractivity contribution < 1.29 is 4.74 Å². The third-order valence-corrected chi connectivity index (χ3v) is 2.06. The van der Waals surface area contributed by atoms with Crippen molar-refractivity contribution in [1.29, 1.82) is 0 Å². The third kappa shape index (κ3) is 3.38. The number of hydrogen-bond acceptors (Lipinski definition) is 3. The lowest BCUT2D eigenvalue weighted by atomic mass is 10.2. The number of aliphatic imine (C=N–C) groups is 1. The average Bonchev–Trinajstić information content (AvgIpc) is 2.66. The first-order valence-corrected chi connectivity index (χ1v) is 5.54. The molecule has 0 bridgehead atoms. The van der Waals surface area contributed by atoms with Gasteiger partial charge in [-0.3, -0.25) is 5.10 Å². The molecular weight excluding hydrogens is 190 g/mol. The molecule has 0 aliphatic carbocycles. The fraction of sp³-hybridized carbons (Fsp3) is 0.636. The number of rotatable bonds is 5. The molecule has 1 aromatic heterocycles. The first-order chi connectivity index (χ1) is 7.31. The maximum absolute atomic E-state index is 5.40. The minimum absolute atomic E-state index is 0.657. The van der Waals surface area contributed by atoms with Gasteiger partial charge in [0.25, 0.3) is 0 Å². The van der Waals surface area contributed by atoms with Crippen LogP contribution < -0.4 is 0 Å². The van der Waals surface area contributed by atoms with Crippen LogP contribution in [0.3, 0.4) is 0 Å². The van der Waals surface area contributed by atoms with Crippen LogP contribution in [0.25, 0.3) is 0 Å². The van der Waals surface area contributed by atoms with Gasteiger partial charge in [-0.2, -0.15) is 10.1 Å². The molecule has 0 radical (unpaired) electrons. The van der Waals surface area contributed by atoms with Crippen LogP contribution in [0.4, 0.5) is 5.82 Å². The van der Waals surface area contributed by atoms with Gasteiger partial charge in [0.2, 0.25) is 0 Å². The second-order valence-corrected chi connectivity index (χ2v) is 3.29. The molecule has 1 heterocycles. The van der Waals surface area contributed by atoms with E-state index >= 15 is 0 Å². The minimum Gasteiger partial charge on any atom is -0.481 e. The zero-order valence-electron chi connectivity index (χ0n) is 9.71. The molecule has 4 nitrogen and oxygen atoms in total. The van der Waals surface area contributed by atoms with E-state index in [2.05, 4.69) is 22.1 Å². The monoisotopic (exact) mass is 209 g/mol. The Bertz CT molecular complexity index is 317. The quantitative estimate of drug-likeness (QED) is 0.598. The lowest BCUT2D eigenvalue weighted by Crippen LogP contribution is -2.02. The summed E-state index contributed by atoms with van der Waals surface area (Å²) in [5.41, 5.74) is 1.16. The van der Waals surface area contributed by atoms with E-state index in [9.17, 15) is 0 Å². The van der Waals surface area contributed by atoms with Gasteiger partial charge in [0.1, 0.15) is 0 Å². The number of aromatic amines is 1. The number of aryl methyl sites for hydroxylation is 1. The largest absolute Gasteiger partial charge is 0.481 e. The Morgan fingerprint density at radius 1 is 1.47 bits per heavy atom. The molecule has 15 heavy (non-hydrogen) atoms. The summed E-state index contributed by atoms with van der Waals surface area (Å²) in [6.45, 7) is 6.79. The van der Waals surface area contributed by atoms with Crippen LogP contribution in [-0.2, 0) is 11.2 Å². The molecule has 0 spiro atoms. The van der Waals surface area contributed by atoms with Gasteiger partial charge in [-0.15, -0.1) is 0 Å². The number of ether oxygens (including phenoxy) is 1. The second-order valence-electron chi connectivity index (χ2n) is 3.29. The molecular formula is C11H19N3O. The van der Waals surface area contributed by atoms with Gasteiger partial charge in [0.15, 0.2) is 11.7 Å². The van der Waals surface area contributed by atoms with Gasteiger partial charge in [0, 0.05) is 12.0 Å². The van der Waals surface area contributed by atoms with Crippen molar-refractivity contribution in [3.05, 3.63) is 11.8 Å². The predicted octanol–water partition coefficient (Wildman–Crippen LogP) is 2.84. The number of hydrogen-bond donors (Lipinski definition) is 1. The van der Waals surface area contributed by atoms with Crippen LogP contribution in [0.15, 0.2) is 11.2 Å². The van der Waals surface area contributed by atoms with Crippen LogP contribution in [0.5, 0.6) is 0 Å². The SMILES string of the molecule is CCCc1cn[nH]c1/N=C(/CC)OCC. The first kappa shape index (κ1) is 11.8. The van der Waals surface area contributed by atoms with Crippen molar-refractivity contribution in [2.45, 2.75) is 40.0 Å². The smallest absolute Gasteiger partial charge is 0.189 e. The number of aromatic nitrogens is 2. The molecule has 0 saturated carbocycles. The summed E-state index contributed by atoms with van der Waals surface area (Å²) in [5, 5.41) is 6.90. The van der Waals surface area contributed by atoms with Gasteiger partial charge in [0.05, 0.1) is 12.8 Å². The Labute approximate surface area is 90.8 Å². The molecule has 0 unspecified atom stereocenters. The van der Waals surface area contributed by atoms with E-state index in [4.69, 9.17) is 4.74 Å². The summed E-state index contributed by atoms with van der Waals surface area (Å²) in [4.78, 5) is 4.42. The Morgan fingerprint density at radius 2 is 2.27 bits per heavy atom. The number of H-pyrrole nitrogens is 1. The Morgan fingerprint density at radius 3 is 2.87 bits per heavy atom. The molecule has 0 aliphatic rings. The Balaban J connectivity index is 2.80. The molecule has 1 rings (SSSR count). The minimum atomic E-state index is 0.657. The highest BCUT2D eigenvalue weighted by Gasteiger charge is 2.04. The standard InChI is InChI=1S/C11H19N3O/c1-4-7-9-8-12-14-11(9)13-10(5-2)15-6-3/h8H,4-7H2,1-3H3,(H,12,14)/b13-10-. The molecule has 0 atom stereocenters. The van der Waals surface area contributed by atoms with Gasteiger partial charge < -0.3 is 4.74 Å². The summed E-state index contributed by atoms with van der Waals surface area (Å²) in [5.74, 6) is 1.60. The zero-order valence-corrected chi connectivity index (χ0v) is 9.71. The van der Waals surface area contributed by atoms with Gasteiger partial charge in [-0.05, 0) is 13.3 Å².